The third kappa shape index (κ3) is 4.54. The van der Waals surface area contributed by atoms with Gasteiger partial charge in [0.1, 0.15) is 0 Å². The second-order valence-corrected chi connectivity index (χ2v) is 5.79. The molecule has 112 valence electrons. The van der Waals surface area contributed by atoms with Gasteiger partial charge in [0.15, 0.2) is 12.4 Å². The van der Waals surface area contributed by atoms with Crippen LogP contribution >= 0.6 is 0 Å². The highest BCUT2D eigenvalue weighted by molar-refractivity contribution is 5.77. The number of carbonyl (C=O) groups is 1. The van der Waals surface area contributed by atoms with E-state index in [0.717, 1.165) is 12.8 Å². The Kier molecular flexibility index (Phi) is 5.44. The summed E-state index contributed by atoms with van der Waals surface area (Å²) in [5.74, 6) is 0.615. The molecular weight excluding hydrogens is 254 g/mol. The highest BCUT2D eigenvalue weighted by Gasteiger charge is 2.15. The summed E-state index contributed by atoms with van der Waals surface area (Å²) in [6, 6.07) is 0.624. The van der Waals surface area contributed by atoms with Crippen LogP contribution in [0.3, 0.4) is 0 Å². The molecule has 0 radical (unpaired) electrons. The van der Waals surface area contributed by atoms with E-state index in [4.69, 9.17) is 4.74 Å². The van der Waals surface area contributed by atoms with Crippen LogP contribution in [0.2, 0.25) is 0 Å². The van der Waals surface area contributed by atoms with E-state index in [9.17, 15) is 4.79 Å². The summed E-state index contributed by atoms with van der Waals surface area (Å²) >= 11 is 0. The number of amides is 1. The molecule has 1 aliphatic carbocycles. The Hall–Kier alpha value is -1.52. The largest absolute Gasteiger partial charge is 0.480 e. The van der Waals surface area contributed by atoms with Crippen molar-refractivity contribution in [3.05, 3.63) is 12.4 Å². The van der Waals surface area contributed by atoms with E-state index < -0.39 is 0 Å². The maximum absolute atomic E-state index is 11.9. The van der Waals surface area contributed by atoms with Crippen LogP contribution in [0.1, 0.15) is 58.4 Å². The number of hydrogen-bond donors (Lipinski definition) is 1. The molecule has 0 atom stereocenters. The second kappa shape index (κ2) is 7.31. The first-order valence-electron chi connectivity index (χ1n) is 7.61. The van der Waals surface area contributed by atoms with Crippen LogP contribution in [0.5, 0.6) is 5.75 Å². The van der Waals surface area contributed by atoms with Crippen molar-refractivity contribution in [3.63, 3.8) is 0 Å². The van der Waals surface area contributed by atoms with E-state index in [0.29, 0.717) is 17.8 Å². The van der Waals surface area contributed by atoms with Gasteiger partial charge in [0.05, 0.1) is 12.4 Å². The molecule has 0 aliphatic heterocycles. The molecule has 2 rings (SSSR count). The topological polar surface area (TPSA) is 56.1 Å². The van der Waals surface area contributed by atoms with Gasteiger partial charge in [-0.2, -0.15) is 5.10 Å². The van der Waals surface area contributed by atoms with Crippen LogP contribution in [0, 0.1) is 0 Å². The Morgan fingerprint density at radius 1 is 1.40 bits per heavy atom. The van der Waals surface area contributed by atoms with Crippen molar-refractivity contribution in [1.82, 2.24) is 15.1 Å². The second-order valence-electron chi connectivity index (χ2n) is 5.79. The number of hydrogen-bond acceptors (Lipinski definition) is 3. The third-order valence-electron chi connectivity index (χ3n) is 3.70. The molecule has 0 unspecified atom stereocenters. The first-order chi connectivity index (χ1) is 9.65. The van der Waals surface area contributed by atoms with E-state index in [2.05, 4.69) is 24.3 Å². The van der Waals surface area contributed by atoms with Crippen molar-refractivity contribution < 1.29 is 9.53 Å². The van der Waals surface area contributed by atoms with E-state index >= 15 is 0 Å². The van der Waals surface area contributed by atoms with Gasteiger partial charge in [0.2, 0.25) is 0 Å². The van der Waals surface area contributed by atoms with Crippen molar-refractivity contribution in [2.24, 2.45) is 0 Å². The average molecular weight is 279 g/mol. The van der Waals surface area contributed by atoms with E-state index in [-0.39, 0.29) is 12.5 Å². The van der Waals surface area contributed by atoms with Crippen LogP contribution in [-0.2, 0) is 4.79 Å². The van der Waals surface area contributed by atoms with Crippen molar-refractivity contribution in [3.8, 4) is 5.75 Å². The maximum atomic E-state index is 11.9. The predicted molar refractivity (Wildman–Crippen MR) is 77.7 cm³/mol. The SMILES string of the molecule is CC(C)n1cc(OCC(=O)NC2CCCCCC2)cn1. The first-order valence-corrected chi connectivity index (χ1v) is 7.61. The van der Waals surface area contributed by atoms with E-state index in [1.165, 1.54) is 25.7 Å². The normalized spacial score (nSPS) is 16.9. The summed E-state index contributed by atoms with van der Waals surface area (Å²) in [5, 5.41) is 7.25. The molecule has 1 fully saturated rings. The van der Waals surface area contributed by atoms with Crippen molar-refractivity contribution in [1.29, 1.82) is 0 Å². The van der Waals surface area contributed by atoms with Gasteiger partial charge >= 0.3 is 0 Å². The van der Waals surface area contributed by atoms with Gasteiger partial charge in [-0.15, -0.1) is 0 Å². The lowest BCUT2D eigenvalue weighted by Gasteiger charge is -2.16. The van der Waals surface area contributed by atoms with Gasteiger partial charge in [0, 0.05) is 12.1 Å². The fourth-order valence-electron chi connectivity index (χ4n) is 2.52. The molecule has 1 amide bonds. The highest BCUT2D eigenvalue weighted by atomic mass is 16.5. The number of carbonyl (C=O) groups excluding carboxylic acids is 1. The summed E-state index contributed by atoms with van der Waals surface area (Å²) in [4.78, 5) is 11.9. The minimum atomic E-state index is -0.0332. The van der Waals surface area contributed by atoms with Gasteiger partial charge in [-0.05, 0) is 26.7 Å². The zero-order chi connectivity index (χ0) is 14.4. The zero-order valence-corrected chi connectivity index (χ0v) is 12.5. The Bertz CT molecular complexity index is 421. The van der Waals surface area contributed by atoms with Crippen molar-refractivity contribution in [2.45, 2.75) is 64.5 Å². The summed E-state index contributed by atoms with van der Waals surface area (Å²) in [7, 11) is 0. The monoisotopic (exact) mass is 279 g/mol. The van der Waals surface area contributed by atoms with E-state index in [1.54, 1.807) is 6.20 Å². The van der Waals surface area contributed by atoms with E-state index in [1.807, 2.05) is 10.9 Å². The Balaban J connectivity index is 1.73. The smallest absolute Gasteiger partial charge is 0.258 e. The van der Waals surface area contributed by atoms with Crippen LogP contribution < -0.4 is 10.1 Å². The van der Waals surface area contributed by atoms with Gasteiger partial charge in [0.25, 0.3) is 5.91 Å². The molecule has 1 aromatic heterocycles. The summed E-state index contributed by atoms with van der Waals surface area (Å²) in [5.41, 5.74) is 0. The molecule has 5 heteroatoms. The molecule has 20 heavy (non-hydrogen) atoms. The first kappa shape index (κ1) is 14.9. The van der Waals surface area contributed by atoms with Gasteiger partial charge in [-0.1, -0.05) is 25.7 Å². The lowest BCUT2D eigenvalue weighted by molar-refractivity contribution is -0.123. The minimum Gasteiger partial charge on any atom is -0.480 e. The molecule has 5 nitrogen and oxygen atoms in total. The summed E-state index contributed by atoms with van der Waals surface area (Å²) in [6.07, 6.45) is 10.7. The fraction of sp³-hybridized carbons (Fsp3) is 0.733. The molecule has 0 spiro atoms. The molecule has 1 aliphatic rings. The standard InChI is InChI=1S/C15H25N3O2/c1-12(2)18-10-14(9-16-18)20-11-15(19)17-13-7-5-3-4-6-8-13/h9-10,12-13H,3-8,11H2,1-2H3,(H,17,19). The van der Waals surface area contributed by atoms with Gasteiger partial charge in [-0.3, -0.25) is 9.48 Å². The van der Waals surface area contributed by atoms with Crippen LogP contribution in [0.4, 0.5) is 0 Å². The number of rotatable bonds is 5. The number of ether oxygens (including phenoxy) is 1. The lowest BCUT2D eigenvalue weighted by Crippen LogP contribution is -2.37. The number of nitrogens with zero attached hydrogens (tertiary/aromatic N) is 2. The Morgan fingerprint density at radius 2 is 2.10 bits per heavy atom. The molecule has 1 aromatic rings. The highest BCUT2D eigenvalue weighted by Crippen LogP contribution is 2.17. The van der Waals surface area contributed by atoms with Gasteiger partial charge in [-0.25, -0.2) is 0 Å². The van der Waals surface area contributed by atoms with Crippen LogP contribution in [0.15, 0.2) is 12.4 Å². The summed E-state index contributed by atoms with van der Waals surface area (Å²) < 4.78 is 7.29. The third-order valence-corrected chi connectivity index (χ3v) is 3.70. The number of aromatic nitrogens is 2. The molecule has 1 heterocycles. The van der Waals surface area contributed by atoms with Crippen LogP contribution in [-0.4, -0.2) is 28.3 Å². The quantitative estimate of drug-likeness (QED) is 0.843. The lowest BCUT2D eigenvalue weighted by atomic mass is 10.1. The average Bonchev–Trinajstić information content (AvgIpc) is 2.75. The Morgan fingerprint density at radius 3 is 2.70 bits per heavy atom. The van der Waals surface area contributed by atoms with Crippen LogP contribution in [0.25, 0.3) is 0 Å². The molecular formula is C15H25N3O2. The molecule has 1 N–H and O–H groups in total. The predicted octanol–water partition coefficient (Wildman–Crippen LogP) is 2.68. The molecule has 1 saturated carbocycles. The molecule has 0 aromatic carbocycles. The zero-order valence-electron chi connectivity index (χ0n) is 12.5. The minimum absolute atomic E-state index is 0.0332. The van der Waals surface area contributed by atoms with Crippen molar-refractivity contribution in [2.75, 3.05) is 6.61 Å². The molecule has 0 saturated heterocycles. The van der Waals surface area contributed by atoms with Crippen molar-refractivity contribution >= 4 is 5.91 Å². The van der Waals surface area contributed by atoms with Gasteiger partial charge < -0.3 is 10.1 Å². The Labute approximate surface area is 120 Å². The number of nitrogens with one attached hydrogen (secondary N) is 1. The maximum Gasteiger partial charge on any atom is 0.258 e. The summed E-state index contributed by atoms with van der Waals surface area (Å²) in [6.45, 7) is 4.17. The fourth-order valence-corrected chi connectivity index (χ4v) is 2.52. The molecule has 0 bridgehead atoms.